The lowest BCUT2D eigenvalue weighted by Gasteiger charge is -2.26. The molecule has 1 unspecified atom stereocenters. The summed E-state index contributed by atoms with van der Waals surface area (Å²) in [6, 6.07) is 5.17. The van der Waals surface area contributed by atoms with Crippen LogP contribution < -0.4 is 5.32 Å². The molecule has 0 heterocycles. The number of halogens is 3. The highest BCUT2D eigenvalue weighted by Gasteiger charge is 2.30. The van der Waals surface area contributed by atoms with Crippen molar-refractivity contribution in [2.75, 3.05) is 13.2 Å². The van der Waals surface area contributed by atoms with Gasteiger partial charge in [0.1, 0.15) is 0 Å². The maximum Gasteiger partial charge on any atom is 0.416 e. The maximum atomic E-state index is 12.5. The molecule has 0 radical (unpaired) electrons. The third-order valence-electron chi connectivity index (χ3n) is 3.41. The van der Waals surface area contributed by atoms with E-state index >= 15 is 0 Å². The smallest absolute Gasteiger partial charge is 0.396 e. The predicted molar refractivity (Wildman–Crippen MR) is 73.3 cm³/mol. The van der Waals surface area contributed by atoms with Crippen LogP contribution in [-0.2, 0) is 6.18 Å². The second-order valence-corrected chi connectivity index (χ2v) is 5.86. The highest BCUT2D eigenvalue weighted by Crippen LogP contribution is 2.30. The Morgan fingerprint density at radius 3 is 2.15 bits per heavy atom. The number of nitrogens with one attached hydrogen (secondary N) is 1. The van der Waals surface area contributed by atoms with Crippen LogP contribution in [0.25, 0.3) is 0 Å². The minimum atomic E-state index is -4.29. The van der Waals surface area contributed by atoms with Crippen molar-refractivity contribution in [2.45, 2.75) is 39.4 Å². The quantitative estimate of drug-likeness (QED) is 0.835. The van der Waals surface area contributed by atoms with Crippen LogP contribution in [-0.4, -0.2) is 18.3 Å². The van der Waals surface area contributed by atoms with Crippen LogP contribution in [0.4, 0.5) is 13.2 Å². The molecular formula is C15H22F3NO. The highest BCUT2D eigenvalue weighted by molar-refractivity contribution is 5.26. The average molecular weight is 289 g/mol. The molecule has 0 bridgehead atoms. The van der Waals surface area contributed by atoms with Crippen molar-refractivity contribution in [1.29, 1.82) is 0 Å². The van der Waals surface area contributed by atoms with Crippen molar-refractivity contribution in [1.82, 2.24) is 5.32 Å². The Balaban J connectivity index is 2.62. The molecule has 0 aliphatic carbocycles. The van der Waals surface area contributed by atoms with Crippen LogP contribution in [0.5, 0.6) is 0 Å². The summed E-state index contributed by atoms with van der Waals surface area (Å²) in [5, 5.41) is 12.2. The molecule has 0 aromatic heterocycles. The van der Waals surface area contributed by atoms with Gasteiger partial charge in [-0.05, 0) is 36.5 Å². The number of benzene rings is 1. The van der Waals surface area contributed by atoms with E-state index in [4.69, 9.17) is 5.11 Å². The highest BCUT2D eigenvalue weighted by atomic mass is 19.4. The summed E-state index contributed by atoms with van der Waals surface area (Å²) in [5.74, 6) is 0. The maximum absolute atomic E-state index is 12.5. The fourth-order valence-electron chi connectivity index (χ4n) is 1.90. The average Bonchev–Trinajstić information content (AvgIpc) is 2.35. The van der Waals surface area contributed by atoms with Crippen molar-refractivity contribution >= 4 is 0 Å². The van der Waals surface area contributed by atoms with Crippen molar-refractivity contribution in [2.24, 2.45) is 5.41 Å². The Hall–Kier alpha value is -1.07. The number of alkyl halides is 3. The van der Waals surface area contributed by atoms with E-state index in [1.54, 1.807) is 0 Å². The zero-order valence-electron chi connectivity index (χ0n) is 12.1. The Bertz CT molecular complexity index is 412. The van der Waals surface area contributed by atoms with Crippen LogP contribution in [0.15, 0.2) is 24.3 Å². The molecule has 1 rings (SSSR count). The van der Waals surface area contributed by atoms with E-state index < -0.39 is 11.7 Å². The van der Waals surface area contributed by atoms with Crippen LogP contribution in [0.1, 0.15) is 44.4 Å². The van der Waals surface area contributed by atoms with Gasteiger partial charge in [-0.25, -0.2) is 0 Å². The summed E-state index contributed by atoms with van der Waals surface area (Å²) in [7, 11) is 0. The predicted octanol–water partition coefficient (Wildman–Crippen LogP) is 3.76. The van der Waals surface area contributed by atoms with E-state index in [9.17, 15) is 13.2 Å². The fraction of sp³-hybridized carbons (Fsp3) is 0.600. The van der Waals surface area contributed by atoms with E-state index in [0.717, 1.165) is 17.7 Å². The lowest BCUT2D eigenvalue weighted by atomic mass is 9.89. The molecule has 1 aromatic rings. The first-order chi connectivity index (χ1) is 9.15. The minimum absolute atomic E-state index is 0.0322. The largest absolute Gasteiger partial charge is 0.416 e. The van der Waals surface area contributed by atoms with Gasteiger partial charge < -0.3 is 10.4 Å². The summed E-state index contributed by atoms with van der Waals surface area (Å²) in [5.41, 5.74) is 0.140. The van der Waals surface area contributed by atoms with Gasteiger partial charge in [0.15, 0.2) is 0 Å². The molecule has 114 valence electrons. The van der Waals surface area contributed by atoms with E-state index in [-0.39, 0.29) is 18.1 Å². The van der Waals surface area contributed by atoms with Gasteiger partial charge in [-0.15, -0.1) is 0 Å². The Morgan fingerprint density at radius 2 is 1.70 bits per heavy atom. The first kappa shape index (κ1) is 17.0. The molecule has 0 fully saturated rings. The Kier molecular flexibility index (Phi) is 5.59. The van der Waals surface area contributed by atoms with Gasteiger partial charge in [-0.3, -0.25) is 0 Å². The summed E-state index contributed by atoms with van der Waals surface area (Å²) in [4.78, 5) is 0. The molecule has 20 heavy (non-hydrogen) atoms. The Labute approximate surface area is 118 Å². The number of hydrogen-bond acceptors (Lipinski definition) is 2. The number of hydrogen-bond donors (Lipinski definition) is 2. The van der Waals surface area contributed by atoms with Crippen LogP contribution in [0.3, 0.4) is 0 Å². The van der Waals surface area contributed by atoms with E-state index in [2.05, 4.69) is 5.32 Å². The number of rotatable bonds is 6. The minimum Gasteiger partial charge on any atom is -0.396 e. The molecule has 2 N–H and O–H groups in total. The third kappa shape index (κ3) is 5.13. The summed E-state index contributed by atoms with van der Waals surface area (Å²) in [6.45, 7) is 6.81. The molecule has 0 aliphatic heterocycles. The van der Waals surface area contributed by atoms with Gasteiger partial charge in [0.05, 0.1) is 5.56 Å². The van der Waals surface area contributed by atoms with Gasteiger partial charge in [-0.2, -0.15) is 13.2 Å². The monoisotopic (exact) mass is 289 g/mol. The summed E-state index contributed by atoms with van der Waals surface area (Å²) in [6.07, 6.45) is -3.61. The molecular weight excluding hydrogens is 267 g/mol. The van der Waals surface area contributed by atoms with Gasteiger partial charge in [-0.1, -0.05) is 26.0 Å². The third-order valence-corrected chi connectivity index (χ3v) is 3.41. The van der Waals surface area contributed by atoms with Crippen LogP contribution in [0, 0.1) is 5.41 Å². The molecule has 0 amide bonds. The zero-order chi connectivity index (χ0) is 15.4. The molecule has 0 saturated heterocycles. The van der Waals surface area contributed by atoms with Crippen LogP contribution >= 0.6 is 0 Å². The normalized spacial score (nSPS) is 14.3. The van der Waals surface area contributed by atoms with Gasteiger partial charge in [0, 0.05) is 19.2 Å². The number of aliphatic hydroxyl groups is 1. The van der Waals surface area contributed by atoms with E-state index in [0.29, 0.717) is 13.0 Å². The second-order valence-electron chi connectivity index (χ2n) is 5.86. The summed E-state index contributed by atoms with van der Waals surface area (Å²) < 4.78 is 37.4. The lowest BCUT2D eigenvalue weighted by Crippen LogP contribution is -2.32. The topological polar surface area (TPSA) is 32.3 Å². The van der Waals surface area contributed by atoms with E-state index in [1.807, 2.05) is 20.8 Å². The molecule has 5 heteroatoms. The lowest BCUT2D eigenvalue weighted by molar-refractivity contribution is -0.137. The standard InChI is InChI=1S/C15H22F3NO/c1-11(19-10-14(2,3)8-9-20)12-4-6-13(7-5-12)15(16,17)18/h4-7,11,19-20H,8-10H2,1-3H3. The Morgan fingerprint density at radius 1 is 1.15 bits per heavy atom. The molecule has 2 nitrogen and oxygen atoms in total. The molecule has 1 aromatic carbocycles. The number of aliphatic hydroxyl groups excluding tert-OH is 1. The van der Waals surface area contributed by atoms with Gasteiger partial charge in [0.2, 0.25) is 0 Å². The zero-order valence-corrected chi connectivity index (χ0v) is 12.1. The molecule has 0 saturated carbocycles. The second kappa shape index (κ2) is 6.59. The first-order valence-corrected chi connectivity index (χ1v) is 6.67. The summed E-state index contributed by atoms with van der Waals surface area (Å²) >= 11 is 0. The van der Waals surface area contributed by atoms with E-state index in [1.165, 1.54) is 12.1 Å². The van der Waals surface area contributed by atoms with Crippen molar-refractivity contribution in [3.63, 3.8) is 0 Å². The van der Waals surface area contributed by atoms with Crippen molar-refractivity contribution in [3.05, 3.63) is 35.4 Å². The van der Waals surface area contributed by atoms with Gasteiger partial charge >= 0.3 is 6.18 Å². The fourth-order valence-corrected chi connectivity index (χ4v) is 1.90. The van der Waals surface area contributed by atoms with Gasteiger partial charge in [0.25, 0.3) is 0 Å². The molecule has 0 aliphatic rings. The first-order valence-electron chi connectivity index (χ1n) is 6.67. The molecule has 0 spiro atoms. The van der Waals surface area contributed by atoms with Crippen molar-refractivity contribution in [3.8, 4) is 0 Å². The molecule has 1 atom stereocenters. The van der Waals surface area contributed by atoms with Crippen LogP contribution in [0.2, 0.25) is 0 Å². The van der Waals surface area contributed by atoms with Crippen molar-refractivity contribution < 1.29 is 18.3 Å². The SMILES string of the molecule is CC(NCC(C)(C)CCO)c1ccc(C(F)(F)F)cc1.